The zero-order valence-electron chi connectivity index (χ0n) is 10.0. The molecule has 3 rings (SSSR count). The Balaban J connectivity index is 2.02. The summed E-state index contributed by atoms with van der Waals surface area (Å²) >= 11 is 5.73. The van der Waals surface area contributed by atoms with E-state index in [9.17, 15) is 9.18 Å². The van der Waals surface area contributed by atoms with Gasteiger partial charge in [0.15, 0.2) is 6.29 Å². The second-order valence-corrected chi connectivity index (χ2v) is 5.05. The van der Waals surface area contributed by atoms with Gasteiger partial charge in [0, 0.05) is 11.5 Å². The van der Waals surface area contributed by atoms with E-state index in [0.717, 1.165) is 19.3 Å². The summed E-state index contributed by atoms with van der Waals surface area (Å²) in [4.78, 5) is 15.2. The van der Waals surface area contributed by atoms with Crippen molar-refractivity contribution < 1.29 is 13.6 Å². The first-order chi connectivity index (χ1) is 9.19. The summed E-state index contributed by atoms with van der Waals surface area (Å²) in [5.41, 5.74) is 0.903. The van der Waals surface area contributed by atoms with Gasteiger partial charge in [-0.1, -0.05) is 18.0 Å². The van der Waals surface area contributed by atoms with Gasteiger partial charge in [0.25, 0.3) is 0 Å². The first kappa shape index (κ1) is 12.4. The summed E-state index contributed by atoms with van der Waals surface area (Å²) in [6.07, 6.45) is 3.87. The zero-order valence-corrected chi connectivity index (χ0v) is 10.8. The Morgan fingerprint density at radius 3 is 2.79 bits per heavy atom. The summed E-state index contributed by atoms with van der Waals surface area (Å²) < 4.78 is 18.8. The van der Waals surface area contributed by atoms with Crippen LogP contribution in [0.15, 0.2) is 22.6 Å². The van der Waals surface area contributed by atoms with Gasteiger partial charge in [0.1, 0.15) is 17.3 Å². The van der Waals surface area contributed by atoms with E-state index < -0.39 is 5.82 Å². The number of hydrogen-bond donors (Lipinski definition) is 0. The summed E-state index contributed by atoms with van der Waals surface area (Å²) in [5.74, 6) is 0.728. The van der Waals surface area contributed by atoms with E-state index in [1.165, 1.54) is 18.2 Å². The molecule has 0 spiro atoms. The van der Waals surface area contributed by atoms with Crippen molar-refractivity contribution in [1.29, 1.82) is 0 Å². The molecule has 0 bridgehead atoms. The van der Waals surface area contributed by atoms with Crippen molar-refractivity contribution in [1.82, 2.24) is 4.98 Å². The molecule has 0 radical (unpaired) electrons. The van der Waals surface area contributed by atoms with Crippen LogP contribution in [0.4, 0.5) is 4.39 Å². The van der Waals surface area contributed by atoms with Gasteiger partial charge in [-0.05, 0) is 31.0 Å². The Bertz CT molecular complexity index is 634. The maximum Gasteiger partial charge on any atom is 0.227 e. The fourth-order valence-electron chi connectivity index (χ4n) is 2.14. The fraction of sp³-hybridized carbons (Fsp3) is 0.286. The van der Waals surface area contributed by atoms with Crippen LogP contribution >= 0.6 is 11.6 Å². The number of carbonyl (C=O) groups excluding carboxylic acids is 1. The molecule has 0 amide bonds. The molecule has 0 saturated heterocycles. The van der Waals surface area contributed by atoms with E-state index in [4.69, 9.17) is 16.0 Å². The lowest BCUT2D eigenvalue weighted by atomic mass is 9.83. The minimum atomic E-state index is -0.494. The highest BCUT2D eigenvalue weighted by atomic mass is 35.5. The molecule has 1 aliphatic rings. The van der Waals surface area contributed by atoms with Crippen molar-refractivity contribution in [3.63, 3.8) is 0 Å². The van der Waals surface area contributed by atoms with Crippen LogP contribution in [0.5, 0.6) is 0 Å². The Kier molecular flexibility index (Phi) is 3.11. The number of aldehydes is 1. The molecule has 0 unspecified atom stereocenters. The van der Waals surface area contributed by atoms with E-state index in [-0.39, 0.29) is 10.9 Å². The van der Waals surface area contributed by atoms with Crippen molar-refractivity contribution in [3.05, 3.63) is 40.5 Å². The predicted molar refractivity (Wildman–Crippen MR) is 68.9 cm³/mol. The number of hydrogen-bond acceptors (Lipinski definition) is 3. The van der Waals surface area contributed by atoms with Crippen molar-refractivity contribution >= 4 is 17.9 Å². The van der Waals surface area contributed by atoms with Gasteiger partial charge in [-0.15, -0.1) is 0 Å². The first-order valence-corrected chi connectivity index (χ1v) is 6.48. The van der Waals surface area contributed by atoms with E-state index in [1.54, 1.807) is 0 Å². The van der Waals surface area contributed by atoms with Crippen LogP contribution in [0, 0.1) is 5.82 Å². The maximum atomic E-state index is 13.1. The third kappa shape index (κ3) is 2.16. The van der Waals surface area contributed by atoms with Gasteiger partial charge in [0.2, 0.25) is 5.89 Å². The van der Waals surface area contributed by atoms with Crippen LogP contribution in [-0.2, 0) is 0 Å². The Morgan fingerprint density at radius 1 is 1.42 bits per heavy atom. The van der Waals surface area contributed by atoms with Crippen LogP contribution in [0.3, 0.4) is 0 Å². The molecule has 98 valence electrons. The standard InChI is InChI=1S/C14H11ClFNO2/c15-10-6-9(4-5-11(10)16)14-17-12(7-18)13(19-14)8-2-1-3-8/h4-8H,1-3H2. The lowest BCUT2D eigenvalue weighted by molar-refractivity contribution is 0.111. The van der Waals surface area contributed by atoms with Gasteiger partial charge in [-0.3, -0.25) is 4.79 Å². The molecule has 1 aromatic carbocycles. The highest BCUT2D eigenvalue weighted by molar-refractivity contribution is 6.31. The largest absolute Gasteiger partial charge is 0.440 e. The number of carbonyl (C=O) groups is 1. The lowest BCUT2D eigenvalue weighted by Gasteiger charge is -2.22. The summed E-state index contributed by atoms with van der Waals surface area (Å²) in [6.45, 7) is 0. The smallest absolute Gasteiger partial charge is 0.227 e. The Morgan fingerprint density at radius 2 is 2.21 bits per heavy atom. The van der Waals surface area contributed by atoms with Gasteiger partial charge >= 0.3 is 0 Å². The second kappa shape index (κ2) is 4.78. The molecule has 1 aliphatic carbocycles. The number of aromatic nitrogens is 1. The molecule has 2 aromatic rings. The molecule has 5 heteroatoms. The molecule has 1 aromatic heterocycles. The molecule has 1 saturated carbocycles. The van der Waals surface area contributed by atoms with Crippen molar-refractivity contribution in [2.75, 3.05) is 0 Å². The second-order valence-electron chi connectivity index (χ2n) is 4.64. The molecule has 3 nitrogen and oxygen atoms in total. The SMILES string of the molecule is O=Cc1nc(-c2ccc(F)c(Cl)c2)oc1C1CCC1. The first-order valence-electron chi connectivity index (χ1n) is 6.10. The highest BCUT2D eigenvalue weighted by Crippen LogP contribution is 2.39. The average molecular weight is 280 g/mol. The van der Waals surface area contributed by atoms with Gasteiger partial charge in [-0.2, -0.15) is 0 Å². The molecule has 1 heterocycles. The molecular weight excluding hydrogens is 269 g/mol. The molecule has 1 fully saturated rings. The summed E-state index contributed by atoms with van der Waals surface area (Å²) in [6, 6.07) is 4.24. The molecule has 0 aliphatic heterocycles. The van der Waals surface area contributed by atoms with Crippen LogP contribution in [-0.4, -0.2) is 11.3 Å². The highest BCUT2D eigenvalue weighted by Gasteiger charge is 2.27. The number of halogens is 2. The normalized spacial score (nSPS) is 15.3. The van der Waals surface area contributed by atoms with Crippen molar-refractivity contribution in [2.24, 2.45) is 0 Å². The van der Waals surface area contributed by atoms with E-state index >= 15 is 0 Å². The third-order valence-corrected chi connectivity index (χ3v) is 3.72. The van der Waals surface area contributed by atoms with Crippen molar-refractivity contribution in [2.45, 2.75) is 25.2 Å². The van der Waals surface area contributed by atoms with Gasteiger partial charge < -0.3 is 4.42 Å². The lowest BCUT2D eigenvalue weighted by Crippen LogP contribution is -2.09. The summed E-state index contributed by atoms with van der Waals surface area (Å²) in [5, 5.41) is 0.00791. The van der Waals surface area contributed by atoms with Crippen LogP contribution < -0.4 is 0 Å². The van der Waals surface area contributed by atoms with Gasteiger partial charge in [-0.25, -0.2) is 9.37 Å². The minimum Gasteiger partial charge on any atom is -0.440 e. The average Bonchev–Trinajstić information content (AvgIpc) is 2.74. The molecule has 0 N–H and O–H groups in total. The molecule has 19 heavy (non-hydrogen) atoms. The maximum absolute atomic E-state index is 13.1. The quantitative estimate of drug-likeness (QED) is 0.790. The number of benzene rings is 1. The summed E-state index contributed by atoms with van der Waals surface area (Å²) in [7, 11) is 0. The Hall–Kier alpha value is -1.68. The van der Waals surface area contributed by atoms with Crippen LogP contribution in [0.25, 0.3) is 11.5 Å². The van der Waals surface area contributed by atoms with Crippen molar-refractivity contribution in [3.8, 4) is 11.5 Å². The van der Waals surface area contributed by atoms with Crippen LogP contribution in [0.2, 0.25) is 5.02 Å². The number of nitrogens with zero attached hydrogens (tertiary/aromatic N) is 1. The number of oxazole rings is 1. The van der Waals surface area contributed by atoms with E-state index in [0.29, 0.717) is 29.2 Å². The van der Waals surface area contributed by atoms with Crippen LogP contribution in [0.1, 0.15) is 41.4 Å². The monoisotopic (exact) mass is 279 g/mol. The third-order valence-electron chi connectivity index (χ3n) is 3.44. The fourth-order valence-corrected chi connectivity index (χ4v) is 2.32. The predicted octanol–water partition coefficient (Wildman–Crippen LogP) is 4.21. The van der Waals surface area contributed by atoms with E-state index in [2.05, 4.69) is 4.98 Å². The topological polar surface area (TPSA) is 43.1 Å². The minimum absolute atomic E-state index is 0.00791. The Labute approximate surface area is 114 Å². The van der Waals surface area contributed by atoms with Gasteiger partial charge in [0.05, 0.1) is 5.02 Å². The van der Waals surface area contributed by atoms with E-state index in [1.807, 2.05) is 0 Å². The molecular formula is C14H11ClFNO2. The molecule has 0 atom stereocenters. The number of rotatable bonds is 3. The zero-order chi connectivity index (χ0) is 13.4.